The van der Waals surface area contributed by atoms with Crippen LogP contribution in [0, 0.1) is 17.8 Å². The van der Waals surface area contributed by atoms with Crippen molar-refractivity contribution in [3.05, 3.63) is 24.8 Å². The summed E-state index contributed by atoms with van der Waals surface area (Å²) in [5, 5.41) is 0. The van der Waals surface area contributed by atoms with E-state index in [2.05, 4.69) is 24.8 Å². The lowest BCUT2D eigenvalue weighted by atomic mass is 9.69. The van der Waals surface area contributed by atoms with Crippen LogP contribution in [0.1, 0.15) is 19.3 Å². The maximum absolute atomic E-state index is 3.87. The second kappa shape index (κ2) is 2.26. The summed E-state index contributed by atoms with van der Waals surface area (Å²) >= 11 is 0. The molecule has 3 rings (SSSR count). The first-order valence-corrected chi connectivity index (χ1v) is 4.21. The van der Waals surface area contributed by atoms with Gasteiger partial charge >= 0.3 is 0 Å². The van der Waals surface area contributed by atoms with Gasteiger partial charge in [0.1, 0.15) is 0 Å². The third-order valence-corrected chi connectivity index (χ3v) is 2.93. The van der Waals surface area contributed by atoms with Gasteiger partial charge in [0, 0.05) is 0 Å². The van der Waals surface area contributed by atoms with Crippen LogP contribution < -0.4 is 0 Å². The molecule has 10 heavy (non-hydrogen) atoms. The molecule has 0 aromatic heterocycles. The molecule has 0 aromatic carbocycles. The highest BCUT2D eigenvalue weighted by Gasteiger charge is 2.29. The summed E-state index contributed by atoms with van der Waals surface area (Å²) in [6, 6.07) is 0. The van der Waals surface area contributed by atoms with Crippen molar-refractivity contribution < 1.29 is 0 Å². The average molecular weight is 134 g/mol. The summed E-state index contributed by atoms with van der Waals surface area (Å²) in [4.78, 5) is 0. The van der Waals surface area contributed by atoms with Crippen LogP contribution in [0.2, 0.25) is 0 Å². The van der Waals surface area contributed by atoms with Crippen LogP contribution in [-0.4, -0.2) is 0 Å². The summed E-state index contributed by atoms with van der Waals surface area (Å²) < 4.78 is 0. The van der Waals surface area contributed by atoms with Gasteiger partial charge in [0.2, 0.25) is 0 Å². The molecule has 1 saturated carbocycles. The Morgan fingerprint density at radius 2 is 2.20 bits per heavy atom. The van der Waals surface area contributed by atoms with E-state index in [1.165, 1.54) is 19.3 Å². The fourth-order valence-electron chi connectivity index (χ4n) is 2.25. The average Bonchev–Trinajstić information content (AvgIpc) is 2.06. The summed E-state index contributed by atoms with van der Waals surface area (Å²) in [5.74, 6) is 2.51. The molecule has 3 aliphatic rings. The van der Waals surface area contributed by atoms with Crippen molar-refractivity contribution >= 4 is 0 Å². The maximum Gasteiger partial charge on any atom is -0.0168 e. The predicted octanol–water partition coefficient (Wildman–Crippen LogP) is 2.77. The molecule has 1 fully saturated rings. The second-order valence-corrected chi connectivity index (χ2v) is 3.52. The fourth-order valence-corrected chi connectivity index (χ4v) is 2.25. The van der Waals surface area contributed by atoms with Gasteiger partial charge in [-0.25, -0.2) is 0 Å². The topological polar surface area (TPSA) is 0 Å². The van der Waals surface area contributed by atoms with Crippen molar-refractivity contribution in [2.24, 2.45) is 17.8 Å². The largest absolute Gasteiger partial charge is 0.103 e. The van der Waals surface area contributed by atoms with Crippen molar-refractivity contribution in [2.75, 3.05) is 0 Å². The van der Waals surface area contributed by atoms with Gasteiger partial charge in [0.25, 0.3) is 0 Å². The standard InChI is InChI=1S/C10H14/c1-2-9-7-8-3-5-10(9)6-4-8/h2-3,5,8-10H,1,4,6-7H2. The van der Waals surface area contributed by atoms with E-state index < -0.39 is 0 Å². The molecule has 0 radical (unpaired) electrons. The van der Waals surface area contributed by atoms with E-state index in [1.54, 1.807) is 0 Å². The highest BCUT2D eigenvalue weighted by atomic mass is 14.3. The van der Waals surface area contributed by atoms with Gasteiger partial charge in [-0.2, -0.15) is 0 Å². The second-order valence-electron chi connectivity index (χ2n) is 3.52. The van der Waals surface area contributed by atoms with E-state index in [0.29, 0.717) is 0 Å². The molecule has 3 unspecified atom stereocenters. The van der Waals surface area contributed by atoms with E-state index in [0.717, 1.165) is 17.8 Å². The van der Waals surface area contributed by atoms with Gasteiger partial charge < -0.3 is 0 Å². The molecule has 0 N–H and O–H groups in total. The zero-order valence-corrected chi connectivity index (χ0v) is 6.29. The molecule has 54 valence electrons. The minimum absolute atomic E-state index is 0.795. The van der Waals surface area contributed by atoms with Crippen molar-refractivity contribution in [3.8, 4) is 0 Å². The van der Waals surface area contributed by atoms with Crippen LogP contribution in [0.15, 0.2) is 24.8 Å². The van der Waals surface area contributed by atoms with Crippen LogP contribution in [0.25, 0.3) is 0 Å². The summed E-state index contributed by atoms with van der Waals surface area (Å²) in [7, 11) is 0. The van der Waals surface area contributed by atoms with Crippen LogP contribution in [0.3, 0.4) is 0 Å². The first kappa shape index (κ1) is 6.21. The molecular weight excluding hydrogens is 120 g/mol. The molecule has 0 amide bonds. The Kier molecular flexibility index (Phi) is 1.40. The SMILES string of the molecule is C=CC1CC2C=CC1CC2. The number of hydrogen-bond donors (Lipinski definition) is 0. The molecule has 3 atom stereocenters. The molecule has 0 saturated heterocycles. The monoisotopic (exact) mass is 134 g/mol. The third kappa shape index (κ3) is 0.828. The van der Waals surface area contributed by atoms with Gasteiger partial charge in [0.05, 0.1) is 0 Å². The Bertz CT molecular complexity index is 167. The van der Waals surface area contributed by atoms with Gasteiger partial charge in [-0.05, 0) is 37.0 Å². The zero-order chi connectivity index (χ0) is 6.97. The van der Waals surface area contributed by atoms with E-state index in [1.807, 2.05) is 0 Å². The maximum atomic E-state index is 3.87. The number of rotatable bonds is 1. The first-order valence-electron chi connectivity index (χ1n) is 4.21. The molecular formula is C10H14. The Morgan fingerprint density at radius 1 is 1.30 bits per heavy atom. The number of allylic oxidation sites excluding steroid dienone is 3. The molecule has 0 nitrogen and oxygen atoms in total. The fraction of sp³-hybridized carbons (Fsp3) is 0.600. The highest BCUT2D eigenvalue weighted by molar-refractivity contribution is 5.09. The highest BCUT2D eigenvalue weighted by Crippen LogP contribution is 2.40. The Morgan fingerprint density at radius 3 is 2.50 bits per heavy atom. The van der Waals surface area contributed by atoms with Crippen LogP contribution >= 0.6 is 0 Å². The van der Waals surface area contributed by atoms with E-state index in [9.17, 15) is 0 Å². The van der Waals surface area contributed by atoms with Crippen LogP contribution in [-0.2, 0) is 0 Å². The van der Waals surface area contributed by atoms with Crippen molar-refractivity contribution in [1.82, 2.24) is 0 Å². The quantitative estimate of drug-likeness (QED) is 0.484. The molecule has 0 aromatic rings. The van der Waals surface area contributed by atoms with Gasteiger partial charge in [-0.15, -0.1) is 6.58 Å². The molecule has 0 heteroatoms. The minimum Gasteiger partial charge on any atom is -0.103 e. The molecule has 2 bridgehead atoms. The molecule has 0 spiro atoms. The summed E-state index contributed by atoms with van der Waals surface area (Å²) in [5.41, 5.74) is 0. The van der Waals surface area contributed by atoms with Crippen LogP contribution in [0.4, 0.5) is 0 Å². The lowest BCUT2D eigenvalue weighted by Gasteiger charge is -2.36. The van der Waals surface area contributed by atoms with Gasteiger partial charge in [-0.1, -0.05) is 18.2 Å². The molecule has 0 heterocycles. The van der Waals surface area contributed by atoms with Crippen molar-refractivity contribution in [3.63, 3.8) is 0 Å². The predicted molar refractivity (Wildman–Crippen MR) is 43.7 cm³/mol. The minimum atomic E-state index is 0.795. The normalized spacial score (nSPS) is 43.8. The summed E-state index contributed by atoms with van der Waals surface area (Å²) in [6.45, 7) is 3.87. The van der Waals surface area contributed by atoms with Crippen molar-refractivity contribution in [2.45, 2.75) is 19.3 Å². The number of fused-ring (bicyclic) bond motifs is 2. The van der Waals surface area contributed by atoms with E-state index >= 15 is 0 Å². The lowest BCUT2D eigenvalue weighted by molar-refractivity contribution is 0.263. The zero-order valence-electron chi connectivity index (χ0n) is 6.29. The van der Waals surface area contributed by atoms with Gasteiger partial charge in [-0.3, -0.25) is 0 Å². The summed E-state index contributed by atoms with van der Waals surface area (Å²) in [6.07, 6.45) is 11.1. The van der Waals surface area contributed by atoms with Crippen molar-refractivity contribution in [1.29, 1.82) is 0 Å². The number of hydrogen-bond acceptors (Lipinski definition) is 0. The Labute approximate surface area is 62.6 Å². The first-order chi connectivity index (χ1) is 4.90. The third-order valence-electron chi connectivity index (χ3n) is 2.93. The van der Waals surface area contributed by atoms with Crippen LogP contribution in [0.5, 0.6) is 0 Å². The smallest absolute Gasteiger partial charge is 0.0168 e. The van der Waals surface area contributed by atoms with E-state index in [-0.39, 0.29) is 0 Å². The Balaban J connectivity index is 2.18. The lowest BCUT2D eigenvalue weighted by Crippen LogP contribution is -2.25. The van der Waals surface area contributed by atoms with E-state index in [4.69, 9.17) is 0 Å². The van der Waals surface area contributed by atoms with Gasteiger partial charge in [0.15, 0.2) is 0 Å². The molecule has 0 aliphatic heterocycles. The molecule has 3 aliphatic carbocycles. The Hall–Kier alpha value is -0.520.